The highest BCUT2D eigenvalue weighted by Crippen LogP contribution is 2.38. The molecule has 0 aliphatic carbocycles. The zero-order chi connectivity index (χ0) is 13.6. The van der Waals surface area contributed by atoms with Gasteiger partial charge in [0.25, 0.3) is 0 Å². The van der Waals surface area contributed by atoms with Crippen molar-refractivity contribution in [3.05, 3.63) is 82.2 Å². The Morgan fingerprint density at radius 2 is 1.42 bits per heavy atom. The Labute approximate surface area is 113 Å². The molecular formula is C16H17N3. The first-order valence-corrected chi connectivity index (χ1v) is 6.51. The summed E-state index contributed by atoms with van der Waals surface area (Å²) in [6.07, 6.45) is 1.74. The van der Waals surface area contributed by atoms with E-state index in [4.69, 9.17) is 5.53 Å². The summed E-state index contributed by atoms with van der Waals surface area (Å²) in [5.41, 5.74) is 10.5. The standard InChI is InChI=1S/C16H17N3/c1-2-13-16(18-19-17,14-9-5-3-6-10-14)15-11-7-4-8-12-15/h3-12H,2,13H2,1H3. The van der Waals surface area contributed by atoms with E-state index >= 15 is 0 Å². The van der Waals surface area contributed by atoms with Crippen LogP contribution < -0.4 is 0 Å². The van der Waals surface area contributed by atoms with Crippen LogP contribution in [0.15, 0.2) is 65.8 Å². The molecule has 96 valence electrons. The minimum atomic E-state index is -0.605. The third-order valence-corrected chi connectivity index (χ3v) is 3.33. The maximum absolute atomic E-state index is 9.01. The highest BCUT2D eigenvalue weighted by atomic mass is 15.2. The van der Waals surface area contributed by atoms with Crippen molar-refractivity contribution in [3.8, 4) is 0 Å². The van der Waals surface area contributed by atoms with Crippen LogP contribution in [0.25, 0.3) is 10.4 Å². The molecule has 2 aromatic rings. The maximum atomic E-state index is 9.01. The van der Waals surface area contributed by atoms with Gasteiger partial charge >= 0.3 is 0 Å². The zero-order valence-corrected chi connectivity index (χ0v) is 11.0. The van der Waals surface area contributed by atoms with Crippen molar-refractivity contribution >= 4 is 0 Å². The first kappa shape index (κ1) is 13.2. The van der Waals surface area contributed by atoms with Gasteiger partial charge in [-0.25, -0.2) is 0 Å². The number of hydrogen-bond donors (Lipinski definition) is 0. The molecule has 0 aliphatic rings. The normalized spacial score (nSPS) is 10.8. The molecule has 0 atom stereocenters. The molecule has 0 fully saturated rings. The summed E-state index contributed by atoms with van der Waals surface area (Å²) in [5, 5.41) is 4.17. The minimum Gasteiger partial charge on any atom is -0.0778 e. The molecule has 0 amide bonds. The lowest BCUT2D eigenvalue weighted by Crippen LogP contribution is -2.24. The van der Waals surface area contributed by atoms with Gasteiger partial charge in [-0.2, -0.15) is 0 Å². The molecule has 0 spiro atoms. The number of nitrogens with zero attached hydrogens (tertiary/aromatic N) is 3. The van der Waals surface area contributed by atoms with E-state index in [-0.39, 0.29) is 0 Å². The Kier molecular flexibility index (Phi) is 4.22. The number of hydrogen-bond acceptors (Lipinski definition) is 1. The summed E-state index contributed by atoms with van der Waals surface area (Å²) >= 11 is 0. The Morgan fingerprint density at radius 3 is 1.79 bits per heavy atom. The molecule has 0 heterocycles. The Hall–Kier alpha value is -2.25. The molecule has 0 saturated carbocycles. The van der Waals surface area contributed by atoms with Gasteiger partial charge in [-0.1, -0.05) is 79.1 Å². The van der Waals surface area contributed by atoms with Gasteiger partial charge in [0.15, 0.2) is 0 Å². The fraction of sp³-hybridized carbons (Fsp3) is 0.250. The Balaban J connectivity index is 2.64. The van der Waals surface area contributed by atoms with E-state index in [1.54, 1.807) is 0 Å². The van der Waals surface area contributed by atoms with Gasteiger partial charge in [0.2, 0.25) is 0 Å². The molecule has 0 radical (unpaired) electrons. The van der Waals surface area contributed by atoms with Gasteiger partial charge in [0.1, 0.15) is 0 Å². The van der Waals surface area contributed by atoms with Gasteiger partial charge in [-0.3, -0.25) is 0 Å². The summed E-state index contributed by atoms with van der Waals surface area (Å²) in [4.78, 5) is 3.10. The van der Waals surface area contributed by atoms with Gasteiger partial charge < -0.3 is 0 Å². The van der Waals surface area contributed by atoms with E-state index in [2.05, 4.69) is 16.9 Å². The SMILES string of the molecule is CCCC(N=[N+]=[N-])(c1ccccc1)c1ccccc1. The highest BCUT2D eigenvalue weighted by Gasteiger charge is 2.32. The monoisotopic (exact) mass is 251 g/mol. The van der Waals surface area contributed by atoms with Crippen LogP contribution in [0.3, 0.4) is 0 Å². The summed E-state index contributed by atoms with van der Waals surface area (Å²) in [6, 6.07) is 20.0. The third-order valence-electron chi connectivity index (χ3n) is 3.33. The zero-order valence-electron chi connectivity index (χ0n) is 11.0. The molecule has 0 saturated heterocycles. The van der Waals surface area contributed by atoms with Gasteiger partial charge in [-0.15, -0.1) is 0 Å². The summed E-state index contributed by atoms with van der Waals surface area (Å²) in [6.45, 7) is 2.10. The maximum Gasteiger partial charge on any atom is 0.0987 e. The van der Waals surface area contributed by atoms with Crippen LogP contribution in [0.1, 0.15) is 30.9 Å². The molecule has 19 heavy (non-hydrogen) atoms. The van der Waals surface area contributed by atoms with Crippen LogP contribution in [-0.2, 0) is 5.54 Å². The van der Waals surface area contributed by atoms with Gasteiger partial charge in [0, 0.05) is 4.91 Å². The van der Waals surface area contributed by atoms with Crippen molar-refractivity contribution in [1.82, 2.24) is 0 Å². The van der Waals surface area contributed by atoms with Crippen LogP contribution >= 0.6 is 0 Å². The van der Waals surface area contributed by atoms with Crippen molar-refractivity contribution in [2.45, 2.75) is 25.3 Å². The predicted molar refractivity (Wildman–Crippen MR) is 77.7 cm³/mol. The molecule has 3 heteroatoms. The predicted octanol–water partition coefficient (Wildman–Crippen LogP) is 5.04. The average Bonchev–Trinajstić information content (AvgIpc) is 2.49. The second-order valence-corrected chi connectivity index (χ2v) is 4.53. The van der Waals surface area contributed by atoms with Crippen LogP contribution in [0.5, 0.6) is 0 Å². The van der Waals surface area contributed by atoms with Crippen LogP contribution in [-0.4, -0.2) is 0 Å². The van der Waals surface area contributed by atoms with E-state index in [1.165, 1.54) is 0 Å². The molecule has 3 nitrogen and oxygen atoms in total. The second kappa shape index (κ2) is 6.07. The quantitative estimate of drug-likeness (QED) is 0.406. The van der Waals surface area contributed by atoms with Gasteiger partial charge in [-0.05, 0) is 23.1 Å². The molecule has 0 N–H and O–H groups in total. The van der Waals surface area contributed by atoms with E-state index in [9.17, 15) is 0 Å². The average molecular weight is 251 g/mol. The molecule has 0 unspecified atom stereocenters. The summed E-state index contributed by atoms with van der Waals surface area (Å²) in [5.74, 6) is 0. The molecule has 0 aliphatic heterocycles. The van der Waals surface area contributed by atoms with E-state index in [0.717, 1.165) is 24.0 Å². The number of azide groups is 1. The van der Waals surface area contributed by atoms with Gasteiger partial charge in [0.05, 0.1) is 5.54 Å². The topological polar surface area (TPSA) is 48.8 Å². The minimum absolute atomic E-state index is 0.605. The fourth-order valence-electron chi connectivity index (χ4n) is 2.49. The summed E-state index contributed by atoms with van der Waals surface area (Å²) < 4.78 is 0. The van der Waals surface area contributed by atoms with Crippen molar-refractivity contribution in [1.29, 1.82) is 0 Å². The number of rotatable bonds is 5. The smallest absolute Gasteiger partial charge is 0.0778 e. The Morgan fingerprint density at radius 1 is 0.947 bits per heavy atom. The molecule has 0 aromatic heterocycles. The van der Waals surface area contributed by atoms with E-state index in [0.29, 0.717) is 0 Å². The van der Waals surface area contributed by atoms with Crippen LogP contribution in [0, 0.1) is 0 Å². The van der Waals surface area contributed by atoms with E-state index < -0.39 is 5.54 Å². The fourth-order valence-corrected chi connectivity index (χ4v) is 2.49. The van der Waals surface area contributed by atoms with Crippen molar-refractivity contribution < 1.29 is 0 Å². The summed E-state index contributed by atoms with van der Waals surface area (Å²) in [7, 11) is 0. The highest BCUT2D eigenvalue weighted by molar-refractivity contribution is 5.38. The van der Waals surface area contributed by atoms with Crippen LogP contribution in [0.4, 0.5) is 0 Å². The van der Waals surface area contributed by atoms with Crippen LogP contribution in [0.2, 0.25) is 0 Å². The lowest BCUT2D eigenvalue weighted by molar-refractivity contribution is 0.482. The first-order chi connectivity index (χ1) is 9.33. The largest absolute Gasteiger partial charge is 0.0987 e. The van der Waals surface area contributed by atoms with Crippen molar-refractivity contribution in [2.75, 3.05) is 0 Å². The third kappa shape index (κ3) is 2.61. The molecular weight excluding hydrogens is 234 g/mol. The molecule has 2 rings (SSSR count). The second-order valence-electron chi connectivity index (χ2n) is 4.53. The Bertz CT molecular complexity index is 518. The van der Waals surface area contributed by atoms with Crippen molar-refractivity contribution in [3.63, 3.8) is 0 Å². The number of benzene rings is 2. The lowest BCUT2D eigenvalue weighted by Gasteiger charge is -2.29. The van der Waals surface area contributed by atoms with E-state index in [1.807, 2.05) is 60.7 Å². The van der Waals surface area contributed by atoms with Crippen molar-refractivity contribution in [2.24, 2.45) is 5.11 Å². The first-order valence-electron chi connectivity index (χ1n) is 6.51. The molecule has 2 aromatic carbocycles. The molecule has 0 bridgehead atoms. The lowest BCUT2D eigenvalue weighted by atomic mass is 9.80.